The monoisotopic (exact) mass is 338 g/mol. The third-order valence-corrected chi connectivity index (χ3v) is 4.57. The van der Waals surface area contributed by atoms with E-state index in [9.17, 15) is 14.4 Å². The van der Waals surface area contributed by atoms with Crippen LogP contribution >= 0.6 is 0 Å². The van der Waals surface area contributed by atoms with Crippen molar-refractivity contribution in [3.05, 3.63) is 58.4 Å². The Morgan fingerprint density at radius 3 is 2.16 bits per heavy atom. The maximum Gasteiger partial charge on any atom is 0.338 e. The molecule has 0 amide bonds. The van der Waals surface area contributed by atoms with Crippen LogP contribution in [0, 0.1) is 0 Å². The van der Waals surface area contributed by atoms with Gasteiger partial charge in [0.1, 0.15) is 6.61 Å². The first kappa shape index (κ1) is 15.6. The molecular weight excluding hydrogens is 320 g/mol. The Bertz CT molecular complexity index is 830. The van der Waals surface area contributed by atoms with E-state index in [1.54, 1.807) is 31.2 Å². The maximum absolute atomic E-state index is 12.9. The molecule has 0 saturated carbocycles. The zero-order chi connectivity index (χ0) is 17.6. The molecule has 0 bridgehead atoms. The zero-order valence-corrected chi connectivity index (χ0v) is 13.9. The molecule has 3 aliphatic rings. The third kappa shape index (κ3) is 2.84. The minimum atomic E-state index is -0.502. The van der Waals surface area contributed by atoms with Gasteiger partial charge >= 0.3 is 5.97 Å². The highest BCUT2D eigenvalue weighted by Crippen LogP contribution is 2.33. The fourth-order valence-corrected chi connectivity index (χ4v) is 3.03. The fourth-order valence-electron chi connectivity index (χ4n) is 3.03. The quantitative estimate of drug-likeness (QED) is 0.456. The van der Waals surface area contributed by atoms with Crippen molar-refractivity contribution in [2.24, 2.45) is 0 Å². The Kier molecular flexibility index (Phi) is 3.67. The molecule has 0 N–H and O–H groups in total. The molecule has 4 rings (SSSR count). The number of rotatable bonds is 5. The van der Waals surface area contributed by atoms with Crippen LogP contribution in [0.5, 0.6) is 0 Å². The summed E-state index contributed by atoms with van der Waals surface area (Å²) in [5, 5.41) is 0. The predicted molar refractivity (Wildman–Crippen MR) is 89.6 cm³/mol. The van der Waals surface area contributed by atoms with Crippen LogP contribution in [0.25, 0.3) is 0 Å². The number of nitrogens with zero attached hydrogens (tertiary/aromatic N) is 2. The summed E-state index contributed by atoms with van der Waals surface area (Å²) >= 11 is 0. The highest BCUT2D eigenvalue weighted by Gasteiger charge is 2.42. The molecule has 0 aromatic heterocycles. The van der Waals surface area contributed by atoms with Gasteiger partial charge in [-0.15, -0.1) is 0 Å². The second-order valence-electron chi connectivity index (χ2n) is 6.38. The first-order valence-electron chi connectivity index (χ1n) is 8.33. The van der Waals surface area contributed by atoms with Gasteiger partial charge in [0.05, 0.1) is 22.5 Å². The van der Waals surface area contributed by atoms with Crippen LogP contribution in [0.2, 0.25) is 0 Å². The van der Waals surface area contributed by atoms with E-state index >= 15 is 0 Å². The molecule has 1 aromatic carbocycles. The molecule has 1 aromatic rings. The Morgan fingerprint density at radius 1 is 0.960 bits per heavy atom. The molecule has 2 aliphatic heterocycles. The summed E-state index contributed by atoms with van der Waals surface area (Å²) in [7, 11) is 0. The number of hydrogen-bond donors (Lipinski definition) is 0. The lowest BCUT2D eigenvalue weighted by Gasteiger charge is -2.23. The first-order chi connectivity index (χ1) is 12.1. The van der Waals surface area contributed by atoms with Gasteiger partial charge in [0.2, 0.25) is 11.6 Å². The smallest absolute Gasteiger partial charge is 0.338 e. The molecule has 0 radical (unpaired) electrons. The van der Waals surface area contributed by atoms with Crippen LogP contribution in [0.3, 0.4) is 0 Å². The average Bonchev–Trinajstić information content (AvgIpc) is 3.51. The Morgan fingerprint density at radius 2 is 1.56 bits per heavy atom. The zero-order valence-electron chi connectivity index (χ0n) is 13.9. The standard InChI is InChI=1S/C19H18N2O4/c1-12-15(20-7-8-20)18(23)14(16(17(12)22)21-9-10-21)11-25-19(24)13-5-3-2-4-6-13/h2-6H,7-11H2,1H3. The molecule has 2 saturated heterocycles. The van der Waals surface area contributed by atoms with E-state index in [2.05, 4.69) is 0 Å². The highest BCUT2D eigenvalue weighted by molar-refractivity contribution is 6.25. The van der Waals surface area contributed by atoms with E-state index in [4.69, 9.17) is 4.74 Å². The summed E-state index contributed by atoms with van der Waals surface area (Å²) in [5.74, 6) is -0.833. The number of benzene rings is 1. The van der Waals surface area contributed by atoms with Crippen molar-refractivity contribution in [1.82, 2.24) is 9.80 Å². The minimum absolute atomic E-state index is 0.134. The van der Waals surface area contributed by atoms with Gasteiger partial charge in [-0.1, -0.05) is 18.2 Å². The van der Waals surface area contributed by atoms with Gasteiger partial charge in [-0.25, -0.2) is 4.79 Å². The molecule has 0 spiro atoms. The van der Waals surface area contributed by atoms with Crippen molar-refractivity contribution in [1.29, 1.82) is 0 Å². The normalized spacial score (nSPS) is 19.6. The van der Waals surface area contributed by atoms with E-state index in [-0.39, 0.29) is 18.2 Å². The van der Waals surface area contributed by atoms with Gasteiger partial charge in [-0.3, -0.25) is 9.59 Å². The summed E-state index contributed by atoms with van der Waals surface area (Å²) in [6, 6.07) is 8.61. The number of Topliss-reactive ketones (excluding diaryl/α,β-unsaturated/α-hetero) is 2. The Balaban J connectivity index is 1.60. The van der Waals surface area contributed by atoms with E-state index in [1.165, 1.54) is 0 Å². The van der Waals surface area contributed by atoms with Crippen LogP contribution in [-0.4, -0.2) is 60.1 Å². The molecule has 0 unspecified atom stereocenters. The number of esters is 1. The van der Waals surface area contributed by atoms with E-state index in [1.807, 2.05) is 15.9 Å². The molecule has 6 nitrogen and oxygen atoms in total. The number of hydrogen-bond acceptors (Lipinski definition) is 6. The Labute approximate surface area is 145 Å². The van der Waals surface area contributed by atoms with Crippen molar-refractivity contribution >= 4 is 17.5 Å². The third-order valence-electron chi connectivity index (χ3n) is 4.57. The molecule has 128 valence electrons. The van der Waals surface area contributed by atoms with Gasteiger partial charge in [0, 0.05) is 31.8 Å². The largest absolute Gasteiger partial charge is 0.457 e. The maximum atomic E-state index is 12.9. The highest BCUT2D eigenvalue weighted by atomic mass is 16.5. The van der Waals surface area contributed by atoms with Gasteiger partial charge in [-0.05, 0) is 19.1 Å². The lowest BCUT2D eigenvalue weighted by molar-refractivity contribution is -0.118. The molecular formula is C19H18N2O4. The molecule has 25 heavy (non-hydrogen) atoms. The lowest BCUT2D eigenvalue weighted by atomic mass is 9.91. The number of carbonyl (C=O) groups is 3. The van der Waals surface area contributed by atoms with Gasteiger partial charge in [0.25, 0.3) is 0 Å². The lowest BCUT2D eigenvalue weighted by Crippen LogP contribution is -2.31. The topological polar surface area (TPSA) is 66.5 Å². The summed E-state index contributed by atoms with van der Waals surface area (Å²) < 4.78 is 5.34. The summed E-state index contributed by atoms with van der Waals surface area (Å²) in [6.07, 6.45) is 0. The number of ketones is 2. The molecule has 6 heteroatoms. The summed E-state index contributed by atoms with van der Waals surface area (Å²) in [6.45, 7) is 4.57. The second-order valence-corrected chi connectivity index (χ2v) is 6.38. The SMILES string of the molecule is CC1=C(N2CC2)C(=O)C(COC(=O)c2ccccc2)=C(N2CC2)C1=O. The van der Waals surface area contributed by atoms with Crippen LogP contribution in [0.1, 0.15) is 17.3 Å². The van der Waals surface area contributed by atoms with Crippen molar-refractivity contribution < 1.29 is 19.1 Å². The van der Waals surface area contributed by atoms with Gasteiger partial charge in [0.15, 0.2) is 0 Å². The predicted octanol–water partition coefficient (Wildman–Crippen LogP) is 1.15. The second kappa shape index (κ2) is 5.88. The van der Waals surface area contributed by atoms with Gasteiger partial charge in [-0.2, -0.15) is 0 Å². The van der Waals surface area contributed by atoms with Crippen molar-refractivity contribution in [3.8, 4) is 0 Å². The van der Waals surface area contributed by atoms with E-state index in [0.717, 1.165) is 26.2 Å². The molecule has 0 atom stereocenters. The van der Waals surface area contributed by atoms with Crippen molar-refractivity contribution in [3.63, 3.8) is 0 Å². The van der Waals surface area contributed by atoms with Gasteiger partial charge < -0.3 is 14.5 Å². The average molecular weight is 338 g/mol. The van der Waals surface area contributed by atoms with Crippen LogP contribution in [0.4, 0.5) is 0 Å². The van der Waals surface area contributed by atoms with E-state index < -0.39 is 5.97 Å². The van der Waals surface area contributed by atoms with Crippen molar-refractivity contribution in [2.75, 3.05) is 32.8 Å². The molecule has 2 fully saturated rings. The van der Waals surface area contributed by atoms with Crippen LogP contribution < -0.4 is 0 Å². The first-order valence-corrected chi connectivity index (χ1v) is 8.33. The summed E-state index contributed by atoms with van der Waals surface area (Å²) in [5.41, 5.74) is 2.06. The minimum Gasteiger partial charge on any atom is -0.457 e. The molecule has 1 aliphatic carbocycles. The number of allylic oxidation sites excluding steroid dienone is 2. The number of ether oxygens (including phenoxy) is 1. The van der Waals surface area contributed by atoms with Crippen molar-refractivity contribution in [2.45, 2.75) is 6.92 Å². The molecule has 2 heterocycles. The van der Waals surface area contributed by atoms with Crippen LogP contribution in [-0.2, 0) is 14.3 Å². The van der Waals surface area contributed by atoms with Crippen LogP contribution in [0.15, 0.2) is 52.9 Å². The Hall–Kier alpha value is -2.89. The summed E-state index contributed by atoms with van der Waals surface area (Å²) in [4.78, 5) is 41.6. The fraction of sp³-hybridized carbons (Fsp3) is 0.316. The number of carbonyl (C=O) groups excluding carboxylic acids is 3. The van der Waals surface area contributed by atoms with E-state index in [0.29, 0.717) is 28.1 Å².